The van der Waals surface area contributed by atoms with Crippen LogP contribution in [-0.4, -0.2) is 61.6 Å². The molecule has 1 aromatic carbocycles. The lowest BCUT2D eigenvalue weighted by molar-refractivity contribution is -0.131. The highest BCUT2D eigenvalue weighted by Crippen LogP contribution is 2.42. The molecule has 2 saturated heterocycles. The lowest BCUT2D eigenvalue weighted by atomic mass is 9.83. The van der Waals surface area contributed by atoms with Crippen LogP contribution in [0.1, 0.15) is 36.9 Å². The van der Waals surface area contributed by atoms with Crippen LogP contribution >= 0.6 is 0 Å². The number of carbonyl (C=O) groups excluding carboxylic acids is 1. The van der Waals surface area contributed by atoms with Crippen LogP contribution in [-0.2, 0) is 11.2 Å². The van der Waals surface area contributed by atoms with Gasteiger partial charge in [-0.15, -0.1) is 0 Å². The zero-order valence-electron chi connectivity index (χ0n) is 15.9. The molecule has 0 saturated carbocycles. The Morgan fingerprint density at radius 2 is 1.88 bits per heavy atom. The first-order chi connectivity index (χ1) is 12.5. The number of rotatable bonds is 3. The second-order valence-corrected chi connectivity index (χ2v) is 7.99. The van der Waals surface area contributed by atoms with E-state index in [1.165, 1.54) is 11.1 Å². The number of piperidine rings is 1. The van der Waals surface area contributed by atoms with E-state index in [1.807, 2.05) is 4.90 Å². The zero-order chi connectivity index (χ0) is 18.4. The van der Waals surface area contributed by atoms with E-state index in [9.17, 15) is 4.79 Å². The summed E-state index contributed by atoms with van der Waals surface area (Å²) in [6.07, 6.45) is 2.51. The van der Waals surface area contributed by atoms with Crippen molar-refractivity contribution in [1.29, 1.82) is 0 Å². The number of carbonyl (C=O) groups is 1. The van der Waals surface area contributed by atoms with Crippen LogP contribution in [0.4, 0.5) is 0 Å². The Kier molecular flexibility index (Phi) is 4.57. The summed E-state index contributed by atoms with van der Waals surface area (Å²) in [4.78, 5) is 16.9. The molecule has 4 atom stereocenters. The molecule has 3 aliphatic rings. The Labute approximate surface area is 155 Å². The quantitative estimate of drug-likeness (QED) is 0.887. The molecule has 2 fully saturated rings. The van der Waals surface area contributed by atoms with Crippen molar-refractivity contribution in [3.05, 3.63) is 23.3 Å². The minimum atomic E-state index is 0.00421. The van der Waals surface area contributed by atoms with E-state index in [1.54, 1.807) is 14.2 Å². The molecule has 0 spiro atoms. The minimum Gasteiger partial charge on any atom is -0.493 e. The molecule has 0 radical (unpaired) electrons. The number of likely N-dealkylation sites (tertiary alicyclic amines) is 1. The smallest absolute Gasteiger partial charge is 0.223 e. The van der Waals surface area contributed by atoms with Gasteiger partial charge in [0.05, 0.1) is 20.3 Å². The zero-order valence-corrected chi connectivity index (χ0v) is 15.9. The van der Waals surface area contributed by atoms with E-state index in [4.69, 9.17) is 15.2 Å². The van der Waals surface area contributed by atoms with E-state index < -0.39 is 0 Å². The predicted octanol–water partition coefficient (Wildman–Crippen LogP) is 1.57. The number of nitrogens with two attached hydrogens (primary N) is 1. The fraction of sp³-hybridized carbons (Fsp3) is 0.650. The lowest BCUT2D eigenvalue weighted by Crippen LogP contribution is -2.60. The van der Waals surface area contributed by atoms with Crippen LogP contribution < -0.4 is 15.2 Å². The topological polar surface area (TPSA) is 68.0 Å². The molecule has 6 nitrogen and oxygen atoms in total. The average molecular weight is 359 g/mol. The first-order valence-corrected chi connectivity index (χ1v) is 9.55. The standard InChI is InChI=1S/C20H29N3O3/c1-12-6-20(24)23(10-12)17-11-22-5-4-13-7-18(25-2)19(26-3)8-14(13)16(22)9-15(17)21/h7-8,12,15-17H,4-6,9-11,21H2,1-3H3/t12-,15?,16+,17?/m0/s1. The average Bonchev–Trinajstić information content (AvgIpc) is 2.97. The van der Waals surface area contributed by atoms with E-state index in [2.05, 4.69) is 24.0 Å². The van der Waals surface area contributed by atoms with Crippen molar-refractivity contribution in [2.75, 3.05) is 33.9 Å². The van der Waals surface area contributed by atoms with Gasteiger partial charge in [0, 0.05) is 38.1 Å². The van der Waals surface area contributed by atoms with Gasteiger partial charge in [-0.2, -0.15) is 0 Å². The first-order valence-electron chi connectivity index (χ1n) is 9.55. The minimum absolute atomic E-state index is 0.00421. The van der Waals surface area contributed by atoms with Gasteiger partial charge in [0.1, 0.15) is 0 Å². The molecule has 0 bridgehead atoms. The highest BCUT2D eigenvalue weighted by atomic mass is 16.5. The maximum Gasteiger partial charge on any atom is 0.223 e. The fourth-order valence-electron chi connectivity index (χ4n) is 4.93. The van der Waals surface area contributed by atoms with Gasteiger partial charge in [0.25, 0.3) is 0 Å². The maximum atomic E-state index is 12.4. The third-order valence-electron chi connectivity index (χ3n) is 6.28. The molecule has 0 aromatic heterocycles. The molecule has 0 aliphatic carbocycles. The number of ether oxygens (including phenoxy) is 2. The molecule has 4 rings (SSSR count). The largest absolute Gasteiger partial charge is 0.493 e. The van der Waals surface area contributed by atoms with Crippen molar-refractivity contribution in [3.8, 4) is 11.5 Å². The van der Waals surface area contributed by atoms with Crippen molar-refractivity contribution in [3.63, 3.8) is 0 Å². The van der Waals surface area contributed by atoms with E-state index in [0.29, 0.717) is 18.4 Å². The fourth-order valence-corrected chi connectivity index (χ4v) is 4.93. The molecule has 142 valence electrons. The van der Waals surface area contributed by atoms with E-state index >= 15 is 0 Å². The molecule has 26 heavy (non-hydrogen) atoms. The van der Waals surface area contributed by atoms with Crippen molar-refractivity contribution in [2.45, 2.75) is 44.3 Å². The summed E-state index contributed by atoms with van der Waals surface area (Å²) in [5.41, 5.74) is 9.20. The second-order valence-electron chi connectivity index (χ2n) is 7.99. The van der Waals surface area contributed by atoms with Gasteiger partial charge in [-0.25, -0.2) is 0 Å². The summed E-state index contributed by atoms with van der Waals surface area (Å²) in [5, 5.41) is 0. The predicted molar refractivity (Wildman–Crippen MR) is 99.4 cm³/mol. The van der Waals surface area contributed by atoms with Crippen LogP contribution in [0.3, 0.4) is 0 Å². The summed E-state index contributed by atoms with van der Waals surface area (Å²) >= 11 is 0. The summed E-state index contributed by atoms with van der Waals surface area (Å²) in [6.45, 7) is 4.84. The van der Waals surface area contributed by atoms with Gasteiger partial charge in [0.15, 0.2) is 11.5 Å². The Balaban J connectivity index is 1.60. The maximum absolute atomic E-state index is 12.4. The SMILES string of the molecule is COc1cc2c(cc1OC)[C@H]1CC(N)C(N3C[C@@H](C)CC3=O)CN1CC2. The summed E-state index contributed by atoms with van der Waals surface area (Å²) in [7, 11) is 3.35. The van der Waals surface area contributed by atoms with Crippen LogP contribution in [0.25, 0.3) is 0 Å². The molecule has 3 heterocycles. The molecule has 3 aliphatic heterocycles. The molecule has 2 unspecified atom stereocenters. The van der Waals surface area contributed by atoms with Gasteiger partial charge < -0.3 is 20.1 Å². The number of methoxy groups -OCH3 is 2. The molecule has 2 N–H and O–H groups in total. The van der Waals surface area contributed by atoms with Crippen LogP contribution in [0.15, 0.2) is 12.1 Å². The third kappa shape index (κ3) is 2.85. The van der Waals surface area contributed by atoms with Gasteiger partial charge in [-0.05, 0) is 42.0 Å². The molecular weight excluding hydrogens is 330 g/mol. The number of benzene rings is 1. The van der Waals surface area contributed by atoms with Crippen molar-refractivity contribution >= 4 is 5.91 Å². The van der Waals surface area contributed by atoms with E-state index in [-0.39, 0.29) is 18.0 Å². The Morgan fingerprint density at radius 1 is 1.15 bits per heavy atom. The van der Waals surface area contributed by atoms with Crippen molar-refractivity contribution < 1.29 is 14.3 Å². The van der Waals surface area contributed by atoms with Gasteiger partial charge >= 0.3 is 0 Å². The van der Waals surface area contributed by atoms with Crippen molar-refractivity contribution in [1.82, 2.24) is 9.80 Å². The normalized spacial score (nSPS) is 31.5. The Morgan fingerprint density at radius 3 is 2.54 bits per heavy atom. The summed E-state index contributed by atoms with van der Waals surface area (Å²) in [6, 6.07) is 4.64. The van der Waals surface area contributed by atoms with Gasteiger partial charge in [-0.1, -0.05) is 6.92 Å². The highest BCUT2D eigenvalue weighted by molar-refractivity contribution is 5.79. The lowest BCUT2D eigenvalue weighted by Gasteiger charge is -2.48. The van der Waals surface area contributed by atoms with Crippen LogP contribution in [0, 0.1) is 5.92 Å². The van der Waals surface area contributed by atoms with Gasteiger partial charge in [0.2, 0.25) is 5.91 Å². The van der Waals surface area contributed by atoms with Crippen molar-refractivity contribution in [2.24, 2.45) is 11.7 Å². The summed E-state index contributed by atoms with van der Waals surface area (Å²) in [5.74, 6) is 2.26. The Bertz CT molecular complexity index is 708. The molecule has 6 heteroatoms. The number of fused-ring (bicyclic) bond motifs is 3. The monoisotopic (exact) mass is 359 g/mol. The Hall–Kier alpha value is -1.79. The first kappa shape index (κ1) is 17.6. The highest BCUT2D eigenvalue weighted by Gasteiger charge is 2.43. The second kappa shape index (κ2) is 6.74. The molecule has 1 aromatic rings. The van der Waals surface area contributed by atoms with Crippen LogP contribution in [0.2, 0.25) is 0 Å². The number of hydrogen-bond donors (Lipinski definition) is 1. The molecular formula is C20H29N3O3. The molecule has 1 amide bonds. The summed E-state index contributed by atoms with van der Waals surface area (Å²) < 4.78 is 11.0. The van der Waals surface area contributed by atoms with Crippen LogP contribution in [0.5, 0.6) is 11.5 Å². The van der Waals surface area contributed by atoms with E-state index in [0.717, 1.165) is 44.0 Å². The number of hydrogen-bond acceptors (Lipinski definition) is 5. The number of amides is 1. The number of nitrogens with zero attached hydrogens (tertiary/aromatic N) is 2. The third-order valence-corrected chi connectivity index (χ3v) is 6.28. The van der Waals surface area contributed by atoms with Gasteiger partial charge in [-0.3, -0.25) is 9.69 Å².